The number of hydrogen-bond donors (Lipinski definition) is 0. The maximum absolute atomic E-state index is 11.9. The third kappa shape index (κ3) is 2.17. The maximum atomic E-state index is 11.9. The molecule has 0 aromatic rings. The lowest BCUT2D eigenvalue weighted by Gasteiger charge is -2.29. The fourth-order valence-corrected chi connectivity index (χ4v) is 2.74. The van der Waals surface area contributed by atoms with Crippen molar-refractivity contribution in [3.63, 3.8) is 0 Å². The normalized spacial score (nSPS) is 36.8. The van der Waals surface area contributed by atoms with E-state index < -0.39 is 0 Å². The zero-order chi connectivity index (χ0) is 9.97. The van der Waals surface area contributed by atoms with Crippen LogP contribution in [0.5, 0.6) is 0 Å². The molecule has 1 heterocycles. The van der Waals surface area contributed by atoms with E-state index in [0.29, 0.717) is 23.7 Å². The van der Waals surface area contributed by atoms with Gasteiger partial charge in [-0.3, -0.25) is 4.79 Å². The first-order chi connectivity index (χ1) is 6.83. The quantitative estimate of drug-likeness (QED) is 0.647. The zero-order valence-electron chi connectivity index (χ0n) is 9.00. The first kappa shape index (κ1) is 10.2. The summed E-state index contributed by atoms with van der Waals surface area (Å²) in [6, 6.07) is 0. The molecule has 2 aliphatic rings. The molecule has 0 bridgehead atoms. The topological polar surface area (TPSA) is 29.6 Å². The van der Waals surface area contributed by atoms with Crippen molar-refractivity contribution in [3.8, 4) is 0 Å². The lowest BCUT2D eigenvalue weighted by molar-refractivity contribution is -0.126. The van der Waals surface area contributed by atoms with Crippen molar-refractivity contribution >= 4 is 5.78 Å². The van der Waals surface area contributed by atoms with Crippen LogP contribution >= 0.6 is 0 Å². The van der Waals surface area contributed by atoms with E-state index in [2.05, 4.69) is 6.92 Å². The molecule has 2 fully saturated rings. The molecule has 3 atom stereocenters. The van der Waals surface area contributed by atoms with Crippen molar-refractivity contribution in [3.05, 3.63) is 0 Å². The van der Waals surface area contributed by atoms with Gasteiger partial charge in [-0.25, -0.2) is 0 Å². The predicted molar refractivity (Wildman–Crippen MR) is 55.1 cm³/mol. The van der Waals surface area contributed by atoms with E-state index in [-0.39, 0.29) is 0 Å². The number of rotatable bonds is 4. The number of carbonyl (C=O) groups is 1. The number of Topliss-reactive ketones (excluding diaryl/α,β-unsaturated/α-hetero) is 1. The molecule has 1 saturated heterocycles. The molecule has 1 aliphatic carbocycles. The highest BCUT2D eigenvalue weighted by Gasteiger charge is 2.41. The molecule has 0 aromatic carbocycles. The Bertz CT molecular complexity index is 208. The molecule has 0 spiro atoms. The Morgan fingerprint density at radius 1 is 1.36 bits per heavy atom. The standard InChI is InChI=1S/C12H20O2/c1-2-5-11(13)9-6-3-4-7-10(9)12-8-14-12/h9-10,12H,2-8H2,1H3. The fraction of sp³-hybridized carbons (Fsp3) is 0.917. The SMILES string of the molecule is CCCC(=O)C1CCCCC1C1CO1. The molecule has 0 N–H and O–H groups in total. The summed E-state index contributed by atoms with van der Waals surface area (Å²) in [5.74, 6) is 1.38. The van der Waals surface area contributed by atoms with Gasteiger partial charge in [0.2, 0.25) is 0 Å². The molecule has 2 rings (SSSR count). The molecular weight excluding hydrogens is 176 g/mol. The van der Waals surface area contributed by atoms with Crippen LogP contribution in [0.25, 0.3) is 0 Å². The number of carbonyl (C=O) groups excluding carboxylic acids is 1. The molecule has 14 heavy (non-hydrogen) atoms. The molecular formula is C12H20O2. The van der Waals surface area contributed by atoms with Gasteiger partial charge in [-0.15, -0.1) is 0 Å². The van der Waals surface area contributed by atoms with Crippen LogP contribution < -0.4 is 0 Å². The fourth-order valence-electron chi connectivity index (χ4n) is 2.74. The van der Waals surface area contributed by atoms with Gasteiger partial charge in [0, 0.05) is 12.3 Å². The minimum atomic E-state index is 0.330. The summed E-state index contributed by atoms with van der Waals surface area (Å²) in [7, 11) is 0. The number of ether oxygens (including phenoxy) is 1. The van der Waals surface area contributed by atoms with Gasteiger partial charge < -0.3 is 4.74 Å². The van der Waals surface area contributed by atoms with E-state index in [1.807, 2.05) is 0 Å². The lowest BCUT2D eigenvalue weighted by atomic mass is 9.74. The first-order valence-corrected chi connectivity index (χ1v) is 5.97. The second-order valence-electron chi connectivity index (χ2n) is 4.64. The summed E-state index contributed by atoms with van der Waals surface area (Å²) >= 11 is 0. The highest BCUT2D eigenvalue weighted by Crippen LogP contribution is 2.38. The van der Waals surface area contributed by atoms with Gasteiger partial charge in [-0.2, -0.15) is 0 Å². The Balaban J connectivity index is 1.94. The van der Waals surface area contributed by atoms with Crippen molar-refractivity contribution in [2.75, 3.05) is 6.61 Å². The van der Waals surface area contributed by atoms with Crippen molar-refractivity contribution in [1.82, 2.24) is 0 Å². The van der Waals surface area contributed by atoms with Crippen LogP contribution in [0.4, 0.5) is 0 Å². The molecule has 0 aromatic heterocycles. The minimum Gasteiger partial charge on any atom is -0.373 e. The summed E-state index contributed by atoms with van der Waals surface area (Å²) in [5.41, 5.74) is 0. The van der Waals surface area contributed by atoms with Crippen molar-refractivity contribution in [2.24, 2.45) is 11.8 Å². The monoisotopic (exact) mass is 196 g/mol. The molecule has 2 heteroatoms. The Morgan fingerprint density at radius 3 is 2.71 bits per heavy atom. The minimum absolute atomic E-state index is 0.330. The summed E-state index contributed by atoms with van der Waals surface area (Å²) in [4.78, 5) is 11.9. The molecule has 0 amide bonds. The highest BCUT2D eigenvalue weighted by atomic mass is 16.6. The van der Waals surface area contributed by atoms with Crippen LogP contribution in [-0.4, -0.2) is 18.5 Å². The highest BCUT2D eigenvalue weighted by molar-refractivity contribution is 5.81. The molecule has 2 nitrogen and oxygen atoms in total. The largest absolute Gasteiger partial charge is 0.373 e. The van der Waals surface area contributed by atoms with Crippen LogP contribution in [0.15, 0.2) is 0 Å². The van der Waals surface area contributed by atoms with Gasteiger partial charge in [0.05, 0.1) is 12.7 Å². The van der Waals surface area contributed by atoms with E-state index >= 15 is 0 Å². The molecule has 1 saturated carbocycles. The molecule has 80 valence electrons. The van der Waals surface area contributed by atoms with Crippen LogP contribution in [-0.2, 0) is 9.53 Å². The van der Waals surface area contributed by atoms with Crippen molar-refractivity contribution in [2.45, 2.75) is 51.6 Å². The van der Waals surface area contributed by atoms with Crippen LogP contribution in [0.2, 0.25) is 0 Å². The van der Waals surface area contributed by atoms with Crippen LogP contribution in [0, 0.1) is 11.8 Å². The van der Waals surface area contributed by atoms with E-state index in [1.54, 1.807) is 0 Å². The second kappa shape index (κ2) is 4.43. The van der Waals surface area contributed by atoms with Gasteiger partial charge >= 0.3 is 0 Å². The van der Waals surface area contributed by atoms with Gasteiger partial charge in [0.15, 0.2) is 0 Å². The van der Waals surface area contributed by atoms with E-state index in [4.69, 9.17) is 4.74 Å². The van der Waals surface area contributed by atoms with E-state index in [9.17, 15) is 4.79 Å². The Hall–Kier alpha value is -0.370. The summed E-state index contributed by atoms with van der Waals surface area (Å²) in [6.07, 6.45) is 7.06. The van der Waals surface area contributed by atoms with Gasteiger partial charge in [-0.05, 0) is 25.2 Å². The predicted octanol–water partition coefficient (Wildman–Crippen LogP) is 2.56. The van der Waals surface area contributed by atoms with Gasteiger partial charge in [0.25, 0.3) is 0 Å². The second-order valence-corrected chi connectivity index (χ2v) is 4.64. The average Bonchev–Trinajstić information content (AvgIpc) is 3.01. The zero-order valence-corrected chi connectivity index (χ0v) is 9.00. The third-order valence-corrected chi connectivity index (χ3v) is 3.57. The Labute approximate surface area is 86.0 Å². The van der Waals surface area contributed by atoms with Crippen molar-refractivity contribution < 1.29 is 9.53 Å². The molecule has 1 aliphatic heterocycles. The van der Waals surface area contributed by atoms with Crippen LogP contribution in [0.3, 0.4) is 0 Å². The van der Waals surface area contributed by atoms with E-state index in [1.165, 1.54) is 19.3 Å². The summed E-state index contributed by atoms with van der Waals surface area (Å²) < 4.78 is 5.35. The molecule has 0 radical (unpaired) electrons. The number of epoxide rings is 1. The summed E-state index contributed by atoms with van der Waals surface area (Å²) in [5, 5.41) is 0. The van der Waals surface area contributed by atoms with Crippen molar-refractivity contribution in [1.29, 1.82) is 0 Å². The first-order valence-electron chi connectivity index (χ1n) is 5.97. The lowest BCUT2D eigenvalue weighted by Crippen LogP contribution is -2.30. The average molecular weight is 196 g/mol. The van der Waals surface area contributed by atoms with Crippen LogP contribution in [0.1, 0.15) is 45.4 Å². The maximum Gasteiger partial charge on any atom is 0.136 e. The number of ketones is 1. The molecule has 3 unspecified atom stereocenters. The Kier molecular flexibility index (Phi) is 3.22. The van der Waals surface area contributed by atoms with E-state index in [0.717, 1.165) is 25.9 Å². The smallest absolute Gasteiger partial charge is 0.136 e. The third-order valence-electron chi connectivity index (χ3n) is 3.57. The summed E-state index contributed by atoms with van der Waals surface area (Å²) in [6.45, 7) is 2.99. The number of hydrogen-bond acceptors (Lipinski definition) is 2. The Morgan fingerprint density at radius 2 is 2.07 bits per heavy atom. The van der Waals surface area contributed by atoms with Gasteiger partial charge in [0.1, 0.15) is 5.78 Å². The van der Waals surface area contributed by atoms with Gasteiger partial charge in [-0.1, -0.05) is 19.8 Å².